The second-order valence-corrected chi connectivity index (χ2v) is 5.90. The molecule has 1 amide bonds. The smallest absolute Gasteiger partial charge is 0.342 e. The number of hydrogen-bond acceptors (Lipinski definition) is 5. The van der Waals surface area contributed by atoms with Crippen LogP contribution in [-0.4, -0.2) is 48.2 Å². The summed E-state index contributed by atoms with van der Waals surface area (Å²) >= 11 is 0. The van der Waals surface area contributed by atoms with E-state index in [2.05, 4.69) is 0 Å². The number of benzene rings is 1. The van der Waals surface area contributed by atoms with Gasteiger partial charge in [0.05, 0.1) is 7.11 Å². The Morgan fingerprint density at radius 3 is 2.58 bits per heavy atom. The number of carbonyl (C=O) groups is 2. The number of esters is 1. The Bertz CT molecular complexity index is 581. The molecule has 1 aliphatic carbocycles. The third kappa shape index (κ3) is 4.19. The summed E-state index contributed by atoms with van der Waals surface area (Å²) < 4.78 is 10.1. The topological polar surface area (TPSA) is 76.1 Å². The minimum atomic E-state index is -0.737. The fraction of sp³-hybridized carbons (Fsp3) is 0.556. The Labute approximate surface area is 142 Å². The first-order valence-corrected chi connectivity index (χ1v) is 8.41. The van der Waals surface area contributed by atoms with Crippen molar-refractivity contribution in [3.63, 3.8) is 0 Å². The van der Waals surface area contributed by atoms with E-state index in [1.165, 1.54) is 19.6 Å². The van der Waals surface area contributed by atoms with Gasteiger partial charge in [-0.05, 0) is 31.9 Å². The van der Waals surface area contributed by atoms with E-state index in [0.717, 1.165) is 25.7 Å². The summed E-state index contributed by atoms with van der Waals surface area (Å²) in [4.78, 5) is 26.3. The summed E-state index contributed by atoms with van der Waals surface area (Å²) in [7, 11) is 1.40. The molecule has 6 heteroatoms. The number of phenols is 1. The first-order valence-electron chi connectivity index (χ1n) is 8.41. The van der Waals surface area contributed by atoms with Crippen molar-refractivity contribution in [2.24, 2.45) is 0 Å². The van der Waals surface area contributed by atoms with Gasteiger partial charge in [0.1, 0.15) is 5.56 Å². The Hall–Kier alpha value is -2.24. The number of para-hydroxylation sites is 1. The van der Waals surface area contributed by atoms with Gasteiger partial charge in [-0.25, -0.2) is 4.79 Å². The van der Waals surface area contributed by atoms with Gasteiger partial charge in [0.25, 0.3) is 5.91 Å². The van der Waals surface area contributed by atoms with Crippen LogP contribution in [0.3, 0.4) is 0 Å². The lowest BCUT2D eigenvalue weighted by Crippen LogP contribution is -2.43. The van der Waals surface area contributed by atoms with Crippen molar-refractivity contribution in [3.05, 3.63) is 23.8 Å². The van der Waals surface area contributed by atoms with Crippen LogP contribution in [0.1, 0.15) is 49.4 Å². The lowest BCUT2D eigenvalue weighted by molar-refractivity contribution is -0.137. The fourth-order valence-corrected chi connectivity index (χ4v) is 3.17. The van der Waals surface area contributed by atoms with Crippen LogP contribution in [0, 0.1) is 0 Å². The lowest BCUT2D eigenvalue weighted by atomic mass is 9.94. The Morgan fingerprint density at radius 1 is 1.25 bits per heavy atom. The second-order valence-electron chi connectivity index (χ2n) is 5.90. The summed E-state index contributed by atoms with van der Waals surface area (Å²) in [6, 6.07) is 4.79. The molecule has 132 valence electrons. The van der Waals surface area contributed by atoms with Crippen LogP contribution in [0.5, 0.6) is 11.5 Å². The van der Waals surface area contributed by atoms with Gasteiger partial charge in [-0.1, -0.05) is 25.3 Å². The van der Waals surface area contributed by atoms with E-state index in [0.29, 0.717) is 6.54 Å². The highest BCUT2D eigenvalue weighted by atomic mass is 16.5. The van der Waals surface area contributed by atoms with Crippen LogP contribution in [-0.2, 0) is 9.53 Å². The van der Waals surface area contributed by atoms with Crippen LogP contribution in [0.15, 0.2) is 18.2 Å². The third-order valence-electron chi connectivity index (χ3n) is 4.44. The molecule has 0 unspecified atom stereocenters. The average Bonchev–Trinajstić information content (AvgIpc) is 2.61. The largest absolute Gasteiger partial charge is 0.504 e. The van der Waals surface area contributed by atoms with Gasteiger partial charge in [0.2, 0.25) is 0 Å². The summed E-state index contributed by atoms with van der Waals surface area (Å²) in [5.41, 5.74) is -0.0112. The molecule has 1 fully saturated rings. The molecule has 6 nitrogen and oxygen atoms in total. The highest BCUT2D eigenvalue weighted by Crippen LogP contribution is 2.29. The number of aromatic hydroxyl groups is 1. The molecule has 24 heavy (non-hydrogen) atoms. The maximum atomic E-state index is 12.4. The third-order valence-corrected chi connectivity index (χ3v) is 4.44. The van der Waals surface area contributed by atoms with Gasteiger partial charge >= 0.3 is 5.97 Å². The first kappa shape index (κ1) is 18.1. The highest BCUT2D eigenvalue weighted by molar-refractivity contribution is 5.94. The van der Waals surface area contributed by atoms with Gasteiger partial charge in [0, 0.05) is 12.6 Å². The van der Waals surface area contributed by atoms with Crippen molar-refractivity contribution in [3.8, 4) is 11.5 Å². The Morgan fingerprint density at radius 2 is 1.96 bits per heavy atom. The predicted molar refractivity (Wildman–Crippen MR) is 89.2 cm³/mol. The zero-order valence-electron chi connectivity index (χ0n) is 14.3. The van der Waals surface area contributed by atoms with E-state index in [9.17, 15) is 14.7 Å². The summed E-state index contributed by atoms with van der Waals surface area (Å²) in [5.74, 6) is -1.02. The minimum Gasteiger partial charge on any atom is -0.504 e. The van der Waals surface area contributed by atoms with Crippen molar-refractivity contribution in [2.75, 3.05) is 20.3 Å². The molecule has 0 bridgehead atoms. The molecule has 1 aliphatic rings. The summed E-state index contributed by atoms with van der Waals surface area (Å²) in [6.45, 7) is 2.22. The minimum absolute atomic E-state index is 0.0112. The van der Waals surface area contributed by atoms with Crippen molar-refractivity contribution >= 4 is 11.9 Å². The molecule has 1 saturated carbocycles. The van der Waals surface area contributed by atoms with Crippen molar-refractivity contribution < 1.29 is 24.2 Å². The molecular formula is C18H25NO5. The molecule has 0 heterocycles. The van der Waals surface area contributed by atoms with Crippen molar-refractivity contribution in [2.45, 2.75) is 45.1 Å². The van der Waals surface area contributed by atoms with Crippen molar-refractivity contribution in [1.29, 1.82) is 0 Å². The zero-order valence-corrected chi connectivity index (χ0v) is 14.3. The Balaban J connectivity index is 1.96. The number of carbonyl (C=O) groups excluding carboxylic acids is 2. The van der Waals surface area contributed by atoms with E-state index in [1.54, 1.807) is 17.0 Å². The van der Waals surface area contributed by atoms with Gasteiger partial charge in [-0.15, -0.1) is 0 Å². The number of methoxy groups -OCH3 is 1. The van der Waals surface area contributed by atoms with Crippen LogP contribution in [0.2, 0.25) is 0 Å². The van der Waals surface area contributed by atoms with E-state index < -0.39 is 5.97 Å². The standard InChI is InChI=1S/C18H25NO5/c1-3-19(13-8-5-4-6-9-13)16(20)12-24-18(22)14-10-7-11-15(23-2)17(14)21/h7,10-11,13,21H,3-6,8-9,12H2,1-2H3. The molecule has 1 aromatic carbocycles. The number of hydrogen-bond donors (Lipinski definition) is 1. The number of likely N-dealkylation sites (N-methyl/N-ethyl adjacent to an activating group) is 1. The van der Waals surface area contributed by atoms with E-state index in [4.69, 9.17) is 9.47 Å². The molecule has 1 aromatic rings. The number of rotatable bonds is 6. The van der Waals surface area contributed by atoms with Gasteiger partial charge in [-0.2, -0.15) is 0 Å². The summed E-state index contributed by atoms with van der Waals surface area (Å²) in [6.07, 6.45) is 5.48. The predicted octanol–water partition coefficient (Wildman–Crippen LogP) is 2.74. The fourth-order valence-electron chi connectivity index (χ4n) is 3.17. The van der Waals surface area contributed by atoms with Crippen molar-refractivity contribution in [1.82, 2.24) is 4.90 Å². The van der Waals surface area contributed by atoms with Gasteiger partial charge in [0.15, 0.2) is 18.1 Å². The van der Waals surface area contributed by atoms with E-state index in [1.807, 2.05) is 6.92 Å². The molecule has 2 rings (SSSR count). The van der Waals surface area contributed by atoms with Gasteiger partial charge < -0.3 is 19.5 Å². The monoisotopic (exact) mass is 335 g/mol. The molecule has 0 aromatic heterocycles. The van der Waals surface area contributed by atoms with Crippen LogP contribution in [0.4, 0.5) is 0 Å². The number of ether oxygens (including phenoxy) is 2. The van der Waals surface area contributed by atoms with Crippen LogP contribution < -0.4 is 4.74 Å². The second kappa shape index (κ2) is 8.57. The van der Waals surface area contributed by atoms with Gasteiger partial charge in [-0.3, -0.25) is 4.79 Å². The molecule has 0 saturated heterocycles. The van der Waals surface area contributed by atoms with E-state index >= 15 is 0 Å². The maximum Gasteiger partial charge on any atom is 0.342 e. The first-order chi connectivity index (χ1) is 11.6. The maximum absolute atomic E-state index is 12.4. The normalized spacial score (nSPS) is 14.9. The number of nitrogens with zero attached hydrogens (tertiary/aromatic N) is 1. The van der Waals surface area contributed by atoms with Crippen LogP contribution in [0.25, 0.3) is 0 Å². The molecule has 0 radical (unpaired) electrons. The molecule has 0 spiro atoms. The summed E-state index contributed by atoms with van der Waals surface area (Å²) in [5, 5.41) is 9.96. The zero-order chi connectivity index (χ0) is 17.5. The molecule has 0 atom stereocenters. The highest BCUT2D eigenvalue weighted by Gasteiger charge is 2.25. The molecule has 0 aliphatic heterocycles. The molecule has 1 N–H and O–H groups in total. The number of phenolic OH excluding ortho intramolecular Hbond substituents is 1. The average molecular weight is 335 g/mol. The SMILES string of the molecule is CCN(C(=O)COC(=O)c1cccc(OC)c1O)C1CCCCC1. The lowest BCUT2D eigenvalue weighted by Gasteiger charge is -2.33. The molecular weight excluding hydrogens is 310 g/mol. The number of amides is 1. The quantitative estimate of drug-likeness (QED) is 0.809. The Kier molecular flexibility index (Phi) is 6.46. The van der Waals surface area contributed by atoms with E-state index in [-0.39, 0.29) is 35.6 Å². The van der Waals surface area contributed by atoms with Crippen LogP contribution >= 0.6 is 0 Å².